The predicted molar refractivity (Wildman–Crippen MR) is 254 cm³/mol. The standard InChI is InChI=1S/C50H97N2O6P/c1-6-8-10-12-14-16-18-20-22-23-24-25-26-27-28-29-30-32-34-36-38-40-42-44-50(54)51-48(47-58-59(55,56)57-46-45-52(3,4)5)49(53)43-41-39-37-35-33-31-21-19-17-15-13-11-9-7-2/h27-28,33,35,41,43,48-49,53H,6-26,29-32,34,36-40,42,44-47H2,1-5H3,(H-,51,54,55,56)/p+1/b28-27-,35-33+,43-41+. The molecule has 0 bridgehead atoms. The molecule has 0 aliphatic heterocycles. The summed E-state index contributed by atoms with van der Waals surface area (Å²) in [5.74, 6) is -0.191. The molecule has 9 heteroatoms. The Bertz CT molecular complexity index is 1060. The molecular formula is C50H98N2O6P+. The van der Waals surface area contributed by atoms with Crippen molar-refractivity contribution in [2.75, 3.05) is 40.9 Å². The Labute approximate surface area is 366 Å². The van der Waals surface area contributed by atoms with E-state index in [-0.39, 0.29) is 19.1 Å². The second kappa shape index (κ2) is 42.0. The molecule has 0 saturated carbocycles. The molecule has 8 nitrogen and oxygen atoms in total. The van der Waals surface area contributed by atoms with Gasteiger partial charge in [-0.2, -0.15) is 0 Å². The molecule has 0 saturated heterocycles. The Balaban J connectivity index is 4.30. The zero-order valence-corrected chi connectivity index (χ0v) is 40.4. The average Bonchev–Trinajstić information content (AvgIpc) is 3.19. The molecule has 0 spiro atoms. The van der Waals surface area contributed by atoms with Crippen LogP contribution < -0.4 is 5.32 Å². The third-order valence-electron chi connectivity index (χ3n) is 11.1. The molecule has 0 aromatic heterocycles. The molecule has 0 rings (SSSR count). The first-order valence-electron chi connectivity index (χ1n) is 24.9. The van der Waals surface area contributed by atoms with Crippen LogP contribution in [-0.2, 0) is 18.4 Å². The van der Waals surface area contributed by atoms with Crippen LogP contribution in [0.5, 0.6) is 0 Å². The number of aliphatic hydroxyl groups is 1. The van der Waals surface area contributed by atoms with Crippen molar-refractivity contribution in [3.05, 3.63) is 36.5 Å². The number of quaternary nitrogens is 1. The SMILES string of the molecule is CCCCCCCCCC/C=C/CC/C=C/C(O)C(COP(=O)(O)OCC[N+](C)(C)C)NC(=O)CCCCCCCCC/C=C\CCCCCCCCCCCCCC. The zero-order valence-electron chi connectivity index (χ0n) is 39.5. The maximum absolute atomic E-state index is 12.9. The van der Waals surface area contributed by atoms with E-state index >= 15 is 0 Å². The highest BCUT2D eigenvalue weighted by Crippen LogP contribution is 2.43. The number of aliphatic hydroxyl groups excluding tert-OH is 1. The first kappa shape index (κ1) is 57.7. The van der Waals surface area contributed by atoms with Gasteiger partial charge in [-0.25, -0.2) is 4.57 Å². The number of nitrogens with one attached hydrogen (secondary N) is 1. The number of carbonyl (C=O) groups excluding carboxylic acids is 1. The molecule has 0 heterocycles. The molecule has 3 atom stereocenters. The molecule has 1 amide bonds. The Kier molecular flexibility index (Phi) is 41.1. The molecule has 59 heavy (non-hydrogen) atoms. The van der Waals surface area contributed by atoms with Crippen LogP contribution in [-0.4, -0.2) is 73.4 Å². The summed E-state index contributed by atoms with van der Waals surface area (Å²) in [6.45, 7) is 4.79. The van der Waals surface area contributed by atoms with Crippen LogP contribution in [0.2, 0.25) is 0 Å². The molecule has 0 aromatic rings. The Morgan fingerprint density at radius 2 is 0.932 bits per heavy atom. The summed E-state index contributed by atoms with van der Waals surface area (Å²) in [5.41, 5.74) is 0. The minimum Gasteiger partial charge on any atom is -0.387 e. The smallest absolute Gasteiger partial charge is 0.387 e. The molecule has 3 N–H and O–H groups in total. The number of phosphoric ester groups is 1. The Morgan fingerprint density at radius 1 is 0.559 bits per heavy atom. The van der Waals surface area contributed by atoms with Crippen molar-refractivity contribution in [3.63, 3.8) is 0 Å². The molecule has 348 valence electrons. The fourth-order valence-electron chi connectivity index (χ4n) is 7.11. The van der Waals surface area contributed by atoms with E-state index in [1.54, 1.807) is 6.08 Å². The van der Waals surface area contributed by atoms with E-state index in [4.69, 9.17) is 9.05 Å². The summed E-state index contributed by atoms with van der Waals surface area (Å²) in [4.78, 5) is 23.2. The third-order valence-corrected chi connectivity index (χ3v) is 12.1. The second-order valence-electron chi connectivity index (χ2n) is 18.2. The van der Waals surface area contributed by atoms with Crippen molar-refractivity contribution in [2.45, 2.75) is 238 Å². The van der Waals surface area contributed by atoms with Crippen LogP contribution >= 0.6 is 7.82 Å². The number of unbranched alkanes of at least 4 members (excludes halogenated alkanes) is 28. The molecule has 0 aliphatic carbocycles. The molecule has 3 unspecified atom stereocenters. The van der Waals surface area contributed by atoms with Crippen LogP contribution in [0.4, 0.5) is 0 Å². The van der Waals surface area contributed by atoms with Crippen molar-refractivity contribution >= 4 is 13.7 Å². The van der Waals surface area contributed by atoms with Crippen molar-refractivity contribution in [3.8, 4) is 0 Å². The van der Waals surface area contributed by atoms with Crippen molar-refractivity contribution in [1.82, 2.24) is 5.32 Å². The third kappa shape index (κ3) is 44.6. The monoisotopic (exact) mass is 854 g/mol. The highest BCUT2D eigenvalue weighted by atomic mass is 31.2. The summed E-state index contributed by atoms with van der Waals surface area (Å²) in [7, 11) is 1.55. The summed E-state index contributed by atoms with van der Waals surface area (Å²) in [6, 6.07) is -0.864. The van der Waals surface area contributed by atoms with Crippen LogP contribution in [0, 0.1) is 0 Å². The maximum Gasteiger partial charge on any atom is 0.472 e. The lowest BCUT2D eigenvalue weighted by molar-refractivity contribution is -0.870. The van der Waals surface area contributed by atoms with Crippen LogP contribution in [0.15, 0.2) is 36.5 Å². The first-order valence-corrected chi connectivity index (χ1v) is 26.4. The number of nitrogens with zero attached hydrogens (tertiary/aromatic N) is 1. The van der Waals surface area contributed by atoms with E-state index in [1.807, 2.05) is 27.2 Å². The fourth-order valence-corrected chi connectivity index (χ4v) is 7.85. The number of phosphoric acid groups is 1. The highest BCUT2D eigenvalue weighted by Gasteiger charge is 2.27. The molecule has 0 radical (unpaired) electrons. The van der Waals surface area contributed by atoms with Crippen LogP contribution in [0.25, 0.3) is 0 Å². The van der Waals surface area contributed by atoms with Crippen molar-refractivity contribution in [1.29, 1.82) is 0 Å². The van der Waals surface area contributed by atoms with Gasteiger partial charge in [0.15, 0.2) is 0 Å². The van der Waals surface area contributed by atoms with E-state index < -0.39 is 20.0 Å². The van der Waals surface area contributed by atoms with Gasteiger partial charge in [0.25, 0.3) is 0 Å². The summed E-state index contributed by atoms with van der Waals surface area (Å²) in [5, 5.41) is 13.8. The van der Waals surface area contributed by atoms with Crippen molar-refractivity contribution < 1.29 is 32.9 Å². The minimum absolute atomic E-state index is 0.0555. The first-order chi connectivity index (χ1) is 28.5. The normalized spacial score (nSPS) is 14.5. The lowest BCUT2D eigenvalue weighted by atomic mass is 10.0. The summed E-state index contributed by atoms with van der Waals surface area (Å²) in [6.07, 6.45) is 52.3. The average molecular weight is 854 g/mol. The Hall–Kier alpha value is -1.28. The van der Waals surface area contributed by atoms with Gasteiger partial charge in [-0.3, -0.25) is 13.8 Å². The van der Waals surface area contributed by atoms with Crippen LogP contribution in [0.3, 0.4) is 0 Å². The lowest BCUT2D eigenvalue weighted by Crippen LogP contribution is -2.45. The van der Waals surface area contributed by atoms with Gasteiger partial charge in [0.2, 0.25) is 5.91 Å². The zero-order chi connectivity index (χ0) is 43.6. The number of hydrogen-bond acceptors (Lipinski definition) is 5. The predicted octanol–water partition coefficient (Wildman–Crippen LogP) is 14.3. The number of amides is 1. The summed E-state index contributed by atoms with van der Waals surface area (Å²) >= 11 is 0. The number of likely N-dealkylation sites (N-methyl/N-ethyl adjacent to an activating group) is 1. The van der Waals surface area contributed by atoms with E-state index in [2.05, 4.69) is 43.5 Å². The van der Waals surface area contributed by atoms with Gasteiger partial charge in [-0.05, 0) is 57.8 Å². The van der Waals surface area contributed by atoms with Gasteiger partial charge in [0.1, 0.15) is 13.2 Å². The van der Waals surface area contributed by atoms with Gasteiger partial charge >= 0.3 is 7.82 Å². The number of allylic oxidation sites excluding steroid dienone is 5. The largest absolute Gasteiger partial charge is 0.472 e. The number of hydrogen-bond donors (Lipinski definition) is 3. The van der Waals surface area contributed by atoms with Crippen LogP contribution in [0.1, 0.15) is 226 Å². The maximum atomic E-state index is 12.9. The second-order valence-corrected chi connectivity index (χ2v) is 19.6. The minimum atomic E-state index is -4.35. The van der Waals surface area contributed by atoms with E-state index in [9.17, 15) is 19.4 Å². The highest BCUT2D eigenvalue weighted by molar-refractivity contribution is 7.47. The van der Waals surface area contributed by atoms with Gasteiger partial charge in [-0.1, -0.05) is 198 Å². The topological polar surface area (TPSA) is 105 Å². The number of rotatable bonds is 45. The van der Waals surface area contributed by atoms with E-state index in [1.165, 1.54) is 167 Å². The van der Waals surface area contributed by atoms with Gasteiger partial charge in [0.05, 0.1) is 39.9 Å². The Morgan fingerprint density at radius 3 is 1.36 bits per heavy atom. The lowest BCUT2D eigenvalue weighted by Gasteiger charge is -2.25. The molecule has 0 aromatic carbocycles. The fraction of sp³-hybridized carbons (Fsp3) is 0.860. The van der Waals surface area contributed by atoms with E-state index in [0.717, 1.165) is 38.5 Å². The number of carbonyl (C=O) groups is 1. The van der Waals surface area contributed by atoms with Gasteiger partial charge in [0, 0.05) is 6.42 Å². The molecule has 0 aliphatic rings. The van der Waals surface area contributed by atoms with Gasteiger partial charge < -0.3 is 19.8 Å². The quantitative estimate of drug-likeness (QED) is 0.0244. The molecular weight excluding hydrogens is 756 g/mol. The van der Waals surface area contributed by atoms with Crippen molar-refractivity contribution in [2.24, 2.45) is 0 Å². The molecule has 0 fully saturated rings. The summed E-state index contributed by atoms with van der Waals surface area (Å²) < 4.78 is 23.6. The van der Waals surface area contributed by atoms with E-state index in [0.29, 0.717) is 17.4 Å². The van der Waals surface area contributed by atoms with Gasteiger partial charge in [-0.15, -0.1) is 0 Å².